The van der Waals surface area contributed by atoms with Crippen LogP contribution in [0.15, 0.2) is 71.8 Å². The second-order valence-corrected chi connectivity index (χ2v) is 8.65. The maximum Gasteiger partial charge on any atom is 0.239 e. The smallest absolute Gasteiger partial charge is 0.239 e. The average Bonchev–Trinajstić information content (AvgIpc) is 3.15. The standard InChI is InChI=1S/C21H15ClFN3OS2/c22-14-4-7-17(8-5-14)28-13-20(27)26(12-16-3-1-2-10-24-16)21-25-18-9-6-15(23)11-19(18)29-21/h1-11H,12-13H2. The zero-order valence-corrected chi connectivity index (χ0v) is 17.5. The van der Waals surface area contributed by atoms with Crippen molar-refractivity contribution >= 4 is 56.0 Å². The molecule has 0 fully saturated rings. The number of halogens is 2. The highest BCUT2D eigenvalue weighted by Crippen LogP contribution is 2.31. The van der Waals surface area contributed by atoms with Crippen molar-refractivity contribution in [1.82, 2.24) is 9.97 Å². The van der Waals surface area contributed by atoms with Crippen LogP contribution in [-0.4, -0.2) is 21.6 Å². The number of pyridine rings is 1. The van der Waals surface area contributed by atoms with Crippen molar-refractivity contribution in [2.24, 2.45) is 0 Å². The summed E-state index contributed by atoms with van der Waals surface area (Å²) in [7, 11) is 0. The molecule has 0 saturated heterocycles. The third-order valence-electron chi connectivity index (χ3n) is 4.09. The predicted octanol–water partition coefficient (Wildman–Crippen LogP) is 5.81. The summed E-state index contributed by atoms with van der Waals surface area (Å²) in [6.45, 7) is 0.295. The molecule has 146 valence electrons. The summed E-state index contributed by atoms with van der Waals surface area (Å²) in [4.78, 5) is 24.5. The van der Waals surface area contributed by atoms with E-state index in [0.29, 0.717) is 26.9 Å². The summed E-state index contributed by atoms with van der Waals surface area (Å²) in [5.41, 5.74) is 1.42. The van der Waals surface area contributed by atoms with Gasteiger partial charge < -0.3 is 0 Å². The number of carbonyl (C=O) groups is 1. The van der Waals surface area contributed by atoms with Crippen LogP contribution in [0.4, 0.5) is 9.52 Å². The number of thiazole rings is 1. The number of nitrogens with zero attached hydrogens (tertiary/aromatic N) is 3. The number of anilines is 1. The Balaban J connectivity index is 1.59. The van der Waals surface area contributed by atoms with E-state index in [2.05, 4.69) is 9.97 Å². The van der Waals surface area contributed by atoms with Gasteiger partial charge in [-0.2, -0.15) is 0 Å². The monoisotopic (exact) mass is 443 g/mol. The van der Waals surface area contributed by atoms with Gasteiger partial charge in [-0.15, -0.1) is 11.8 Å². The number of aromatic nitrogens is 2. The van der Waals surface area contributed by atoms with Gasteiger partial charge >= 0.3 is 0 Å². The first-order valence-corrected chi connectivity index (χ1v) is 10.9. The summed E-state index contributed by atoms with van der Waals surface area (Å²) < 4.78 is 14.3. The van der Waals surface area contributed by atoms with E-state index >= 15 is 0 Å². The topological polar surface area (TPSA) is 46.1 Å². The minimum atomic E-state index is -0.325. The average molecular weight is 444 g/mol. The number of amides is 1. The van der Waals surface area contributed by atoms with Crippen LogP contribution in [-0.2, 0) is 11.3 Å². The van der Waals surface area contributed by atoms with Crippen LogP contribution in [0.3, 0.4) is 0 Å². The lowest BCUT2D eigenvalue weighted by Crippen LogP contribution is -2.32. The number of carbonyl (C=O) groups excluding carboxylic acids is 1. The van der Waals surface area contributed by atoms with Crippen molar-refractivity contribution < 1.29 is 9.18 Å². The molecule has 0 saturated carbocycles. The number of rotatable bonds is 6. The minimum absolute atomic E-state index is 0.102. The van der Waals surface area contributed by atoms with E-state index in [-0.39, 0.29) is 17.5 Å². The normalized spacial score (nSPS) is 11.0. The summed E-state index contributed by atoms with van der Waals surface area (Å²) in [5.74, 6) is -0.192. The summed E-state index contributed by atoms with van der Waals surface area (Å²) >= 11 is 8.64. The van der Waals surface area contributed by atoms with Crippen molar-refractivity contribution in [2.45, 2.75) is 11.4 Å². The Hall–Kier alpha value is -2.48. The van der Waals surface area contributed by atoms with Crippen LogP contribution in [0.1, 0.15) is 5.69 Å². The van der Waals surface area contributed by atoms with E-state index in [1.807, 2.05) is 30.3 Å². The molecular weight excluding hydrogens is 429 g/mol. The van der Waals surface area contributed by atoms with Gasteiger partial charge in [-0.1, -0.05) is 29.0 Å². The first-order valence-electron chi connectivity index (χ1n) is 8.73. The minimum Gasteiger partial charge on any atom is -0.281 e. The molecule has 2 heterocycles. The highest BCUT2D eigenvalue weighted by atomic mass is 35.5. The van der Waals surface area contributed by atoms with Gasteiger partial charge in [0.05, 0.1) is 28.2 Å². The molecule has 0 atom stereocenters. The molecule has 29 heavy (non-hydrogen) atoms. The van der Waals surface area contributed by atoms with Crippen LogP contribution in [0, 0.1) is 5.82 Å². The Morgan fingerprint density at radius 2 is 1.97 bits per heavy atom. The molecule has 0 unspecified atom stereocenters. The fourth-order valence-corrected chi connectivity index (χ4v) is 4.58. The van der Waals surface area contributed by atoms with Crippen molar-refractivity contribution in [3.63, 3.8) is 0 Å². The first-order chi connectivity index (χ1) is 14.1. The molecule has 0 N–H and O–H groups in total. The highest BCUT2D eigenvalue weighted by Gasteiger charge is 2.21. The van der Waals surface area contributed by atoms with E-state index < -0.39 is 0 Å². The van der Waals surface area contributed by atoms with E-state index in [1.54, 1.807) is 29.3 Å². The Bertz CT molecular complexity index is 1140. The predicted molar refractivity (Wildman–Crippen MR) is 117 cm³/mol. The summed E-state index contributed by atoms with van der Waals surface area (Å²) in [5, 5.41) is 1.18. The SMILES string of the molecule is O=C(CSc1ccc(Cl)cc1)N(Cc1ccccn1)c1nc2ccc(F)cc2s1. The lowest BCUT2D eigenvalue weighted by atomic mass is 10.3. The van der Waals surface area contributed by atoms with Gasteiger partial charge in [0.25, 0.3) is 0 Å². The van der Waals surface area contributed by atoms with Crippen molar-refractivity contribution in [3.8, 4) is 0 Å². The first kappa shape index (κ1) is 19.8. The van der Waals surface area contributed by atoms with Gasteiger partial charge in [0.1, 0.15) is 5.82 Å². The maximum atomic E-state index is 13.6. The second-order valence-electron chi connectivity index (χ2n) is 6.15. The van der Waals surface area contributed by atoms with Gasteiger partial charge in [-0.25, -0.2) is 9.37 Å². The number of fused-ring (bicyclic) bond motifs is 1. The third kappa shape index (κ3) is 4.93. The fourth-order valence-electron chi connectivity index (χ4n) is 2.67. The lowest BCUT2D eigenvalue weighted by molar-refractivity contribution is -0.116. The summed E-state index contributed by atoms with van der Waals surface area (Å²) in [6.07, 6.45) is 1.69. The fraction of sp³-hybridized carbons (Fsp3) is 0.0952. The largest absolute Gasteiger partial charge is 0.281 e. The zero-order chi connectivity index (χ0) is 20.2. The van der Waals surface area contributed by atoms with Gasteiger partial charge in [-0.3, -0.25) is 14.7 Å². The quantitative estimate of drug-likeness (QED) is 0.353. The molecule has 4 rings (SSSR count). The van der Waals surface area contributed by atoms with Crippen molar-refractivity contribution in [3.05, 3.63) is 83.4 Å². The molecule has 8 heteroatoms. The van der Waals surface area contributed by atoms with E-state index in [0.717, 1.165) is 10.6 Å². The van der Waals surface area contributed by atoms with Gasteiger partial charge in [0.15, 0.2) is 5.13 Å². The third-order valence-corrected chi connectivity index (χ3v) is 6.38. The lowest BCUT2D eigenvalue weighted by Gasteiger charge is -2.19. The van der Waals surface area contributed by atoms with Crippen LogP contribution in [0.5, 0.6) is 0 Å². The van der Waals surface area contributed by atoms with E-state index in [4.69, 9.17) is 11.6 Å². The molecule has 1 amide bonds. The summed E-state index contributed by atoms with van der Waals surface area (Å²) in [6, 6.07) is 17.3. The molecule has 0 bridgehead atoms. The number of thioether (sulfide) groups is 1. The van der Waals surface area contributed by atoms with Crippen LogP contribution < -0.4 is 4.90 Å². The van der Waals surface area contributed by atoms with E-state index in [1.165, 1.54) is 35.2 Å². The molecule has 4 aromatic rings. The van der Waals surface area contributed by atoms with Crippen LogP contribution in [0.25, 0.3) is 10.2 Å². The van der Waals surface area contributed by atoms with Crippen molar-refractivity contribution in [2.75, 3.05) is 10.7 Å². The second kappa shape index (κ2) is 8.90. The Kier molecular flexibility index (Phi) is 6.08. The number of benzene rings is 2. The molecule has 2 aromatic carbocycles. The maximum absolute atomic E-state index is 13.6. The Labute approximate surface area is 180 Å². The molecule has 4 nitrogen and oxygen atoms in total. The van der Waals surface area contributed by atoms with Crippen molar-refractivity contribution in [1.29, 1.82) is 0 Å². The zero-order valence-electron chi connectivity index (χ0n) is 15.1. The molecule has 0 aliphatic rings. The molecular formula is C21H15ClFN3OS2. The van der Waals surface area contributed by atoms with Crippen LogP contribution in [0.2, 0.25) is 5.02 Å². The molecule has 0 aliphatic carbocycles. The molecule has 0 aliphatic heterocycles. The van der Waals surface area contributed by atoms with E-state index in [9.17, 15) is 9.18 Å². The van der Waals surface area contributed by atoms with Gasteiger partial charge in [0, 0.05) is 16.1 Å². The number of hydrogen-bond donors (Lipinski definition) is 0. The Morgan fingerprint density at radius 3 is 2.72 bits per heavy atom. The van der Waals surface area contributed by atoms with Gasteiger partial charge in [0.2, 0.25) is 5.91 Å². The van der Waals surface area contributed by atoms with Crippen LogP contribution >= 0.6 is 34.7 Å². The Morgan fingerprint density at radius 1 is 1.14 bits per heavy atom. The molecule has 2 aromatic heterocycles. The highest BCUT2D eigenvalue weighted by molar-refractivity contribution is 8.00. The molecule has 0 spiro atoms. The van der Waals surface area contributed by atoms with Gasteiger partial charge in [-0.05, 0) is 54.6 Å². The molecule has 0 radical (unpaired) electrons. The number of hydrogen-bond acceptors (Lipinski definition) is 5.